The molecule has 0 aromatic carbocycles. The third-order valence-corrected chi connectivity index (χ3v) is 6.36. The molecule has 1 saturated carbocycles. The number of carbonyl (C=O) groups is 1. The Bertz CT molecular complexity index is 1430. The molecule has 0 spiro atoms. The second-order valence-electron chi connectivity index (χ2n) is 8.60. The molecule has 1 amide bonds. The Morgan fingerprint density at radius 2 is 1.88 bits per heavy atom. The SMILES string of the molecule is O=C(Nc1cncc(-c2ccc3[nH]nc(-c4cc5cnccc5[nH]4)c3n2)c1)C1CCCCC1. The maximum absolute atomic E-state index is 12.7. The highest BCUT2D eigenvalue weighted by Gasteiger charge is 2.21. The van der Waals surface area contributed by atoms with Gasteiger partial charge in [-0.25, -0.2) is 4.98 Å². The van der Waals surface area contributed by atoms with Gasteiger partial charge in [-0.2, -0.15) is 5.10 Å². The van der Waals surface area contributed by atoms with Crippen LogP contribution in [0.15, 0.2) is 55.1 Å². The van der Waals surface area contributed by atoms with E-state index in [0.717, 1.165) is 70.3 Å². The first-order valence-electron chi connectivity index (χ1n) is 11.3. The summed E-state index contributed by atoms with van der Waals surface area (Å²) in [6.07, 6.45) is 12.4. The van der Waals surface area contributed by atoms with E-state index in [9.17, 15) is 4.79 Å². The Kier molecular flexibility index (Phi) is 4.83. The summed E-state index contributed by atoms with van der Waals surface area (Å²) >= 11 is 0. The van der Waals surface area contributed by atoms with Crippen molar-refractivity contribution in [3.63, 3.8) is 0 Å². The largest absolute Gasteiger partial charge is 0.353 e. The van der Waals surface area contributed by atoms with E-state index in [2.05, 4.69) is 30.5 Å². The fourth-order valence-electron chi connectivity index (χ4n) is 4.60. The van der Waals surface area contributed by atoms with E-state index in [1.807, 2.05) is 36.5 Å². The van der Waals surface area contributed by atoms with Gasteiger partial charge in [-0.3, -0.25) is 19.9 Å². The van der Waals surface area contributed by atoms with Crippen LogP contribution in [0.5, 0.6) is 0 Å². The molecule has 0 bridgehead atoms. The fraction of sp³-hybridized carbons (Fsp3) is 0.240. The minimum absolute atomic E-state index is 0.0856. The molecule has 8 nitrogen and oxygen atoms in total. The highest BCUT2D eigenvalue weighted by atomic mass is 16.1. The molecule has 164 valence electrons. The minimum atomic E-state index is 0.0856. The number of anilines is 1. The zero-order valence-corrected chi connectivity index (χ0v) is 18.0. The van der Waals surface area contributed by atoms with Gasteiger partial charge in [0.1, 0.15) is 11.2 Å². The number of pyridine rings is 3. The van der Waals surface area contributed by atoms with Crippen molar-refractivity contribution in [2.45, 2.75) is 32.1 Å². The number of carbonyl (C=O) groups excluding carboxylic acids is 1. The van der Waals surface area contributed by atoms with E-state index in [-0.39, 0.29) is 11.8 Å². The lowest BCUT2D eigenvalue weighted by atomic mass is 9.88. The quantitative estimate of drug-likeness (QED) is 0.363. The first kappa shape index (κ1) is 19.6. The normalized spacial score (nSPS) is 14.7. The van der Waals surface area contributed by atoms with E-state index >= 15 is 0 Å². The molecule has 0 unspecified atom stereocenters. The summed E-state index contributed by atoms with van der Waals surface area (Å²) in [4.78, 5) is 29.5. The van der Waals surface area contributed by atoms with E-state index in [4.69, 9.17) is 4.98 Å². The molecule has 6 rings (SSSR count). The Morgan fingerprint density at radius 3 is 2.76 bits per heavy atom. The van der Waals surface area contributed by atoms with Gasteiger partial charge in [0.25, 0.3) is 0 Å². The van der Waals surface area contributed by atoms with Gasteiger partial charge in [-0.15, -0.1) is 0 Å². The number of rotatable bonds is 4. The molecule has 8 heteroatoms. The number of amides is 1. The van der Waals surface area contributed by atoms with Gasteiger partial charge in [0, 0.05) is 41.0 Å². The first-order valence-corrected chi connectivity index (χ1v) is 11.3. The molecule has 0 radical (unpaired) electrons. The van der Waals surface area contributed by atoms with E-state index < -0.39 is 0 Å². The van der Waals surface area contributed by atoms with Crippen LogP contribution in [0, 0.1) is 5.92 Å². The summed E-state index contributed by atoms with van der Waals surface area (Å²) < 4.78 is 0. The summed E-state index contributed by atoms with van der Waals surface area (Å²) in [7, 11) is 0. The van der Waals surface area contributed by atoms with Crippen molar-refractivity contribution in [1.82, 2.24) is 30.1 Å². The first-order chi connectivity index (χ1) is 16.2. The Balaban J connectivity index is 1.32. The number of nitrogens with one attached hydrogen (secondary N) is 3. The van der Waals surface area contributed by atoms with Gasteiger partial charge in [-0.1, -0.05) is 19.3 Å². The molecule has 0 aliphatic heterocycles. The lowest BCUT2D eigenvalue weighted by Gasteiger charge is -2.20. The number of nitrogens with zero attached hydrogens (tertiary/aromatic N) is 4. The van der Waals surface area contributed by atoms with Crippen LogP contribution in [0.3, 0.4) is 0 Å². The monoisotopic (exact) mass is 437 g/mol. The second kappa shape index (κ2) is 8.12. The Morgan fingerprint density at radius 1 is 0.970 bits per heavy atom. The van der Waals surface area contributed by atoms with Crippen LogP contribution in [0.2, 0.25) is 0 Å². The highest BCUT2D eigenvalue weighted by Crippen LogP contribution is 2.30. The topological polar surface area (TPSA) is 112 Å². The van der Waals surface area contributed by atoms with Gasteiger partial charge >= 0.3 is 0 Å². The fourth-order valence-corrected chi connectivity index (χ4v) is 4.60. The van der Waals surface area contributed by atoms with Crippen molar-refractivity contribution >= 4 is 33.5 Å². The zero-order valence-electron chi connectivity index (χ0n) is 18.0. The molecular formula is C25H23N7O. The predicted octanol–water partition coefficient (Wildman–Crippen LogP) is 5.08. The Labute approximate surface area is 189 Å². The number of fused-ring (bicyclic) bond motifs is 2. The van der Waals surface area contributed by atoms with Crippen LogP contribution in [0.1, 0.15) is 32.1 Å². The number of H-pyrrole nitrogens is 2. The summed E-state index contributed by atoms with van der Waals surface area (Å²) in [6, 6.07) is 9.78. The van der Waals surface area contributed by atoms with Crippen molar-refractivity contribution in [2.75, 3.05) is 5.32 Å². The zero-order chi connectivity index (χ0) is 22.2. The van der Waals surface area contributed by atoms with Gasteiger partial charge in [0.2, 0.25) is 5.91 Å². The Hall–Kier alpha value is -4.07. The molecule has 3 N–H and O–H groups in total. The molecule has 1 aliphatic rings. The maximum atomic E-state index is 12.7. The number of hydrogen-bond donors (Lipinski definition) is 3. The van der Waals surface area contributed by atoms with Crippen LogP contribution in [0.4, 0.5) is 5.69 Å². The van der Waals surface area contributed by atoms with Crippen LogP contribution < -0.4 is 5.32 Å². The standard InChI is InChI=1S/C25H23N7O/c33-25(15-4-2-1-3-5-15)28-18-10-16(13-27-14-18)19-6-7-21-23(30-19)24(32-31-21)22-11-17-12-26-9-8-20(17)29-22/h6-15,29H,1-5H2,(H,28,33)(H,31,32). The molecule has 5 aromatic heterocycles. The maximum Gasteiger partial charge on any atom is 0.227 e. The molecule has 1 aliphatic carbocycles. The molecule has 33 heavy (non-hydrogen) atoms. The van der Waals surface area contributed by atoms with Gasteiger partial charge < -0.3 is 10.3 Å². The molecule has 1 fully saturated rings. The molecule has 0 atom stereocenters. The van der Waals surface area contributed by atoms with Gasteiger partial charge in [0.15, 0.2) is 0 Å². The molecular weight excluding hydrogens is 414 g/mol. The van der Waals surface area contributed by atoms with Crippen molar-refractivity contribution in [1.29, 1.82) is 0 Å². The number of aromatic amines is 2. The lowest BCUT2D eigenvalue weighted by molar-refractivity contribution is -0.120. The summed E-state index contributed by atoms with van der Waals surface area (Å²) in [5.41, 5.74) is 6.54. The van der Waals surface area contributed by atoms with Gasteiger partial charge in [-0.05, 0) is 43.2 Å². The van der Waals surface area contributed by atoms with Crippen LogP contribution >= 0.6 is 0 Å². The van der Waals surface area contributed by atoms with E-state index in [1.54, 1.807) is 18.6 Å². The van der Waals surface area contributed by atoms with Crippen LogP contribution in [-0.2, 0) is 4.79 Å². The molecule has 5 heterocycles. The lowest BCUT2D eigenvalue weighted by Crippen LogP contribution is -2.24. The van der Waals surface area contributed by atoms with Gasteiger partial charge in [0.05, 0.1) is 28.8 Å². The predicted molar refractivity (Wildman–Crippen MR) is 127 cm³/mol. The highest BCUT2D eigenvalue weighted by molar-refractivity contribution is 5.95. The average molecular weight is 438 g/mol. The molecule has 5 aromatic rings. The third-order valence-electron chi connectivity index (χ3n) is 6.36. The summed E-state index contributed by atoms with van der Waals surface area (Å²) in [6.45, 7) is 0. The number of hydrogen-bond acceptors (Lipinski definition) is 5. The second-order valence-corrected chi connectivity index (χ2v) is 8.60. The third kappa shape index (κ3) is 3.73. The molecule has 0 saturated heterocycles. The van der Waals surface area contributed by atoms with Crippen molar-refractivity contribution in [3.8, 4) is 22.6 Å². The summed E-state index contributed by atoms with van der Waals surface area (Å²) in [5.74, 6) is 0.180. The summed E-state index contributed by atoms with van der Waals surface area (Å²) in [5, 5.41) is 11.6. The van der Waals surface area contributed by atoms with E-state index in [0.29, 0.717) is 5.69 Å². The van der Waals surface area contributed by atoms with Crippen LogP contribution in [0.25, 0.3) is 44.6 Å². The van der Waals surface area contributed by atoms with Crippen molar-refractivity contribution in [2.24, 2.45) is 5.92 Å². The van der Waals surface area contributed by atoms with Crippen molar-refractivity contribution in [3.05, 3.63) is 55.1 Å². The smallest absolute Gasteiger partial charge is 0.227 e. The average Bonchev–Trinajstić information content (AvgIpc) is 3.48. The van der Waals surface area contributed by atoms with E-state index in [1.165, 1.54) is 6.42 Å². The minimum Gasteiger partial charge on any atom is -0.353 e. The van der Waals surface area contributed by atoms with Crippen LogP contribution in [-0.4, -0.2) is 36.0 Å². The van der Waals surface area contributed by atoms with Crippen molar-refractivity contribution < 1.29 is 4.79 Å². The number of aromatic nitrogens is 6.